The van der Waals surface area contributed by atoms with E-state index in [1.165, 1.54) is 0 Å². The van der Waals surface area contributed by atoms with E-state index < -0.39 is 0 Å². The molecular formula is C12H11FeLiO. The smallest absolute Gasteiger partial charge is 0.875 e. The predicted molar refractivity (Wildman–Crippen MR) is 51.1 cm³/mol. The van der Waals surface area contributed by atoms with Crippen LogP contribution in [0.2, 0.25) is 0 Å². The second-order valence-electron chi connectivity index (χ2n) is 2.56. The van der Waals surface area contributed by atoms with Gasteiger partial charge in [-0.15, -0.1) is 12.3 Å². The maximum Gasteiger partial charge on any atom is 1.00 e. The SMILES string of the molecule is C=C([O-])[C]1[CH][CH][CH][CH]1.[CH]1[CH][CH][CH][CH]1.[Fe].[Li+]. The van der Waals surface area contributed by atoms with Crippen molar-refractivity contribution in [1.29, 1.82) is 0 Å². The van der Waals surface area contributed by atoms with Gasteiger partial charge < -0.3 is 5.11 Å². The topological polar surface area (TPSA) is 23.1 Å². The summed E-state index contributed by atoms with van der Waals surface area (Å²) in [6.45, 7) is 3.24. The first kappa shape index (κ1) is 18.0. The van der Waals surface area contributed by atoms with E-state index in [0.717, 1.165) is 0 Å². The van der Waals surface area contributed by atoms with Crippen molar-refractivity contribution in [2.75, 3.05) is 0 Å². The monoisotopic (exact) mass is 234 g/mol. The molecule has 0 aromatic carbocycles. The molecule has 2 fully saturated rings. The van der Waals surface area contributed by atoms with Crippen LogP contribution in [0.25, 0.3) is 0 Å². The van der Waals surface area contributed by atoms with Gasteiger partial charge >= 0.3 is 18.9 Å². The van der Waals surface area contributed by atoms with Crippen molar-refractivity contribution >= 4 is 0 Å². The van der Waals surface area contributed by atoms with Crippen molar-refractivity contribution in [3.8, 4) is 0 Å². The molecule has 15 heavy (non-hydrogen) atoms. The molecule has 0 saturated heterocycles. The molecule has 2 saturated carbocycles. The zero-order chi connectivity index (χ0) is 9.52. The molecule has 0 aromatic rings. The van der Waals surface area contributed by atoms with E-state index in [9.17, 15) is 5.11 Å². The van der Waals surface area contributed by atoms with E-state index in [0.29, 0.717) is 5.92 Å². The van der Waals surface area contributed by atoms with Crippen LogP contribution in [-0.4, -0.2) is 0 Å². The quantitative estimate of drug-likeness (QED) is 0.391. The average molecular weight is 234 g/mol. The molecule has 2 rings (SSSR count). The van der Waals surface area contributed by atoms with Gasteiger partial charge in [0.2, 0.25) is 0 Å². The Morgan fingerprint density at radius 1 is 0.867 bits per heavy atom. The Morgan fingerprint density at radius 3 is 1.40 bits per heavy atom. The molecule has 0 amide bonds. The molecule has 3 heteroatoms. The summed E-state index contributed by atoms with van der Waals surface area (Å²) in [6, 6.07) is 0. The Balaban J connectivity index is 0. The Kier molecular flexibility index (Phi) is 13.4. The van der Waals surface area contributed by atoms with Crippen LogP contribution in [0.1, 0.15) is 0 Å². The number of rotatable bonds is 1. The van der Waals surface area contributed by atoms with Crippen LogP contribution in [0.15, 0.2) is 12.3 Å². The van der Waals surface area contributed by atoms with E-state index in [4.69, 9.17) is 0 Å². The van der Waals surface area contributed by atoms with Crippen LogP contribution >= 0.6 is 0 Å². The van der Waals surface area contributed by atoms with E-state index in [2.05, 4.69) is 6.58 Å². The molecule has 0 aliphatic heterocycles. The second kappa shape index (κ2) is 11.2. The van der Waals surface area contributed by atoms with Crippen molar-refractivity contribution in [2.24, 2.45) is 0 Å². The normalized spacial score (nSPS) is 19.5. The summed E-state index contributed by atoms with van der Waals surface area (Å²) in [7, 11) is 0. The van der Waals surface area contributed by atoms with E-state index >= 15 is 0 Å². The average Bonchev–Trinajstić information content (AvgIpc) is 2.82. The van der Waals surface area contributed by atoms with Crippen LogP contribution in [-0.2, 0) is 17.1 Å². The van der Waals surface area contributed by atoms with Gasteiger partial charge in [0.15, 0.2) is 0 Å². The Hall–Kier alpha value is 0.657. The maximum atomic E-state index is 10.4. The largest absolute Gasteiger partial charge is 1.00 e. The minimum atomic E-state index is -0.116. The Morgan fingerprint density at radius 2 is 1.20 bits per heavy atom. The van der Waals surface area contributed by atoms with Crippen molar-refractivity contribution in [1.82, 2.24) is 0 Å². The maximum absolute atomic E-state index is 10.4. The Labute approximate surface area is 117 Å². The first-order chi connectivity index (χ1) is 6.30. The van der Waals surface area contributed by atoms with Gasteiger partial charge in [0.25, 0.3) is 0 Å². The Bertz CT molecular complexity index is 144. The van der Waals surface area contributed by atoms with E-state index in [-0.39, 0.29) is 41.7 Å². The third kappa shape index (κ3) is 8.46. The van der Waals surface area contributed by atoms with Crippen LogP contribution in [0.3, 0.4) is 0 Å². The second-order valence-corrected chi connectivity index (χ2v) is 2.56. The number of hydrogen-bond acceptors (Lipinski definition) is 1. The van der Waals surface area contributed by atoms with Crippen molar-refractivity contribution in [3.05, 3.63) is 76.0 Å². The molecule has 0 heterocycles. The molecular weight excluding hydrogens is 223 g/mol. The van der Waals surface area contributed by atoms with Crippen LogP contribution in [0.4, 0.5) is 0 Å². The molecule has 74 valence electrons. The van der Waals surface area contributed by atoms with Crippen LogP contribution < -0.4 is 24.0 Å². The summed E-state index contributed by atoms with van der Waals surface area (Å²) in [5.74, 6) is 0.569. The fraction of sp³-hybridized carbons (Fsp3) is 0. The third-order valence-corrected chi connectivity index (χ3v) is 1.54. The van der Waals surface area contributed by atoms with Gasteiger partial charge in [0.05, 0.1) is 0 Å². The zero-order valence-corrected chi connectivity index (χ0v) is 9.77. The summed E-state index contributed by atoms with van der Waals surface area (Å²) in [4.78, 5) is 0. The molecule has 0 N–H and O–H groups in total. The first-order valence-corrected chi connectivity index (χ1v) is 4.05. The van der Waals surface area contributed by atoms with E-state index in [1.54, 1.807) is 12.8 Å². The molecule has 2 aliphatic carbocycles. The molecule has 0 atom stereocenters. The van der Waals surface area contributed by atoms with Gasteiger partial charge in [-0.05, 0) is 63.7 Å². The predicted octanol–water partition coefficient (Wildman–Crippen LogP) is -1.71. The summed E-state index contributed by atoms with van der Waals surface area (Å²) in [5, 5.41) is 10.4. The fourth-order valence-electron chi connectivity index (χ4n) is 0.881. The number of allylic oxidation sites excluding steroid dienone is 1. The van der Waals surface area contributed by atoms with E-state index in [1.807, 2.05) is 44.9 Å². The van der Waals surface area contributed by atoms with Crippen molar-refractivity contribution in [3.63, 3.8) is 0 Å². The van der Waals surface area contributed by atoms with Gasteiger partial charge in [0.1, 0.15) is 0 Å². The minimum absolute atomic E-state index is 0. The van der Waals surface area contributed by atoms with Gasteiger partial charge in [-0.2, -0.15) is 0 Å². The molecule has 0 spiro atoms. The minimum Gasteiger partial charge on any atom is -0.875 e. The third-order valence-electron chi connectivity index (χ3n) is 1.54. The first-order valence-electron chi connectivity index (χ1n) is 4.05. The molecule has 0 aromatic heterocycles. The zero-order valence-electron chi connectivity index (χ0n) is 8.67. The number of hydrogen-bond donors (Lipinski definition) is 0. The van der Waals surface area contributed by atoms with Gasteiger partial charge in [-0.3, -0.25) is 0 Å². The van der Waals surface area contributed by atoms with Gasteiger partial charge in [-0.25, -0.2) is 0 Å². The standard InChI is InChI=1S/C7H7O.C5H5.Fe.Li/c1-6(8)7-4-2-3-5-7;1-2-4-5-3-1;;/h2-5,8H,1H2;1-5H;;/q;;;+1/p-1. The molecule has 2 aliphatic rings. The van der Waals surface area contributed by atoms with Gasteiger partial charge in [-0.1, -0.05) is 0 Å². The fourth-order valence-corrected chi connectivity index (χ4v) is 0.881. The summed E-state index contributed by atoms with van der Waals surface area (Å²) in [6.07, 6.45) is 17.1. The molecule has 0 unspecified atom stereocenters. The molecule has 0 bridgehead atoms. The summed E-state index contributed by atoms with van der Waals surface area (Å²) < 4.78 is 0. The molecule has 1 nitrogen and oxygen atoms in total. The molecule has 10 radical (unpaired) electrons. The van der Waals surface area contributed by atoms with Crippen molar-refractivity contribution in [2.45, 2.75) is 0 Å². The summed E-state index contributed by atoms with van der Waals surface area (Å²) in [5.41, 5.74) is 0. The van der Waals surface area contributed by atoms with Gasteiger partial charge in [0, 0.05) is 17.1 Å². The van der Waals surface area contributed by atoms with Crippen molar-refractivity contribution < 1.29 is 41.0 Å². The summed E-state index contributed by atoms with van der Waals surface area (Å²) >= 11 is 0. The van der Waals surface area contributed by atoms with Crippen LogP contribution in [0, 0.1) is 63.7 Å². The van der Waals surface area contributed by atoms with Crippen LogP contribution in [0.5, 0.6) is 0 Å².